The van der Waals surface area contributed by atoms with Gasteiger partial charge in [-0.3, -0.25) is 9.69 Å². The van der Waals surface area contributed by atoms with E-state index in [4.69, 9.17) is 5.11 Å². The lowest BCUT2D eigenvalue weighted by atomic mass is 9.98. The summed E-state index contributed by atoms with van der Waals surface area (Å²) in [6.07, 6.45) is -4.35. The number of alkyl halides is 3. The van der Waals surface area contributed by atoms with Crippen molar-refractivity contribution in [1.82, 2.24) is 4.90 Å². The molecule has 1 heterocycles. The van der Waals surface area contributed by atoms with Crippen LogP contribution in [-0.2, 0) is 17.5 Å². The van der Waals surface area contributed by atoms with Crippen molar-refractivity contribution in [3.8, 4) is 11.1 Å². The van der Waals surface area contributed by atoms with E-state index in [-0.39, 0.29) is 5.92 Å². The van der Waals surface area contributed by atoms with Crippen molar-refractivity contribution in [1.29, 1.82) is 0 Å². The van der Waals surface area contributed by atoms with Gasteiger partial charge in [0.1, 0.15) is 0 Å². The molecule has 0 atom stereocenters. The molecule has 3 rings (SSSR count). The van der Waals surface area contributed by atoms with E-state index in [0.29, 0.717) is 25.2 Å². The minimum absolute atomic E-state index is 0.297. The number of aliphatic carboxylic acids is 1. The first-order chi connectivity index (χ1) is 11.3. The van der Waals surface area contributed by atoms with Crippen LogP contribution in [0.2, 0.25) is 0 Å². The second-order valence-corrected chi connectivity index (χ2v) is 6.00. The zero-order valence-electron chi connectivity index (χ0n) is 12.8. The summed E-state index contributed by atoms with van der Waals surface area (Å²) < 4.78 is 38.3. The number of benzene rings is 2. The third-order valence-corrected chi connectivity index (χ3v) is 4.19. The van der Waals surface area contributed by atoms with Crippen LogP contribution in [0.5, 0.6) is 0 Å². The fraction of sp³-hybridized carbons (Fsp3) is 0.278. The van der Waals surface area contributed by atoms with Gasteiger partial charge in [0.05, 0.1) is 11.5 Å². The Morgan fingerprint density at radius 2 is 1.75 bits per heavy atom. The number of rotatable bonds is 4. The highest BCUT2D eigenvalue weighted by Gasteiger charge is 2.32. The second-order valence-electron chi connectivity index (χ2n) is 6.00. The number of carbonyl (C=O) groups is 1. The van der Waals surface area contributed by atoms with Crippen LogP contribution >= 0.6 is 0 Å². The summed E-state index contributed by atoms with van der Waals surface area (Å²) in [5, 5.41) is 8.85. The van der Waals surface area contributed by atoms with E-state index < -0.39 is 17.7 Å². The Kier molecular flexibility index (Phi) is 4.32. The molecule has 1 aliphatic rings. The number of hydrogen-bond acceptors (Lipinski definition) is 2. The van der Waals surface area contributed by atoms with Crippen LogP contribution in [0.1, 0.15) is 11.1 Å². The van der Waals surface area contributed by atoms with Crippen molar-refractivity contribution in [2.75, 3.05) is 13.1 Å². The van der Waals surface area contributed by atoms with Gasteiger partial charge in [-0.25, -0.2) is 0 Å². The van der Waals surface area contributed by atoms with Crippen molar-refractivity contribution in [2.45, 2.75) is 12.7 Å². The van der Waals surface area contributed by atoms with Gasteiger partial charge in [-0.1, -0.05) is 36.4 Å². The number of carboxylic acids is 1. The van der Waals surface area contributed by atoms with Gasteiger partial charge in [-0.2, -0.15) is 13.2 Å². The Hall–Kier alpha value is -2.34. The summed E-state index contributed by atoms with van der Waals surface area (Å²) in [5.41, 5.74) is 1.59. The lowest BCUT2D eigenvalue weighted by Crippen LogP contribution is -2.49. The van der Waals surface area contributed by atoms with Gasteiger partial charge in [0.2, 0.25) is 0 Å². The third-order valence-electron chi connectivity index (χ3n) is 4.19. The molecular weight excluding hydrogens is 319 g/mol. The van der Waals surface area contributed by atoms with Gasteiger partial charge in [0.15, 0.2) is 0 Å². The van der Waals surface area contributed by atoms with Crippen LogP contribution in [0.3, 0.4) is 0 Å². The molecule has 1 N–H and O–H groups in total. The van der Waals surface area contributed by atoms with Crippen molar-refractivity contribution in [2.24, 2.45) is 5.92 Å². The van der Waals surface area contributed by atoms with Gasteiger partial charge in [0, 0.05) is 19.6 Å². The van der Waals surface area contributed by atoms with Crippen LogP contribution < -0.4 is 0 Å². The Labute approximate surface area is 137 Å². The maximum atomic E-state index is 12.8. The SMILES string of the molecule is O=C(O)C1CN(Cc2ccc(-c3cccc(C(F)(F)F)c3)cc2)C1. The Morgan fingerprint density at radius 1 is 1.08 bits per heavy atom. The van der Waals surface area contributed by atoms with Crippen LogP contribution in [0, 0.1) is 5.92 Å². The predicted molar refractivity (Wildman–Crippen MR) is 83.3 cm³/mol. The van der Waals surface area contributed by atoms with Crippen molar-refractivity contribution >= 4 is 5.97 Å². The average molecular weight is 335 g/mol. The first-order valence-corrected chi connectivity index (χ1v) is 7.54. The van der Waals surface area contributed by atoms with Gasteiger partial charge in [-0.15, -0.1) is 0 Å². The molecule has 0 aliphatic carbocycles. The fourth-order valence-corrected chi connectivity index (χ4v) is 2.79. The topological polar surface area (TPSA) is 40.5 Å². The molecule has 0 saturated carbocycles. The van der Waals surface area contributed by atoms with Crippen molar-refractivity contribution < 1.29 is 23.1 Å². The molecule has 0 spiro atoms. The van der Waals surface area contributed by atoms with Gasteiger partial charge in [0.25, 0.3) is 0 Å². The molecule has 2 aromatic rings. The molecule has 1 saturated heterocycles. The molecular formula is C18H16F3NO2. The maximum absolute atomic E-state index is 12.8. The zero-order valence-corrected chi connectivity index (χ0v) is 12.8. The second kappa shape index (κ2) is 6.28. The van der Waals surface area contributed by atoms with Crippen LogP contribution in [0.15, 0.2) is 48.5 Å². The van der Waals surface area contributed by atoms with Crippen LogP contribution in [-0.4, -0.2) is 29.1 Å². The normalized spacial score (nSPS) is 16.0. The molecule has 1 fully saturated rings. The molecule has 0 radical (unpaired) electrons. The summed E-state index contributed by atoms with van der Waals surface area (Å²) in [6.45, 7) is 1.71. The third kappa shape index (κ3) is 3.59. The monoisotopic (exact) mass is 335 g/mol. The highest BCUT2D eigenvalue weighted by Crippen LogP contribution is 2.32. The predicted octanol–water partition coefficient (Wildman–Crippen LogP) is 3.89. The van der Waals surface area contributed by atoms with Crippen LogP contribution in [0.25, 0.3) is 11.1 Å². The molecule has 0 unspecified atom stereocenters. The molecule has 0 amide bonds. The van der Waals surface area contributed by atoms with Crippen LogP contribution in [0.4, 0.5) is 13.2 Å². The highest BCUT2D eigenvalue weighted by atomic mass is 19.4. The number of carboxylic acid groups (broad SMARTS) is 1. The minimum Gasteiger partial charge on any atom is -0.481 e. The first kappa shape index (κ1) is 16.5. The van der Waals surface area contributed by atoms with E-state index in [1.807, 2.05) is 17.0 Å². The van der Waals surface area contributed by atoms with E-state index >= 15 is 0 Å². The molecule has 24 heavy (non-hydrogen) atoms. The molecule has 3 nitrogen and oxygen atoms in total. The molecule has 6 heteroatoms. The Balaban J connectivity index is 1.68. The zero-order chi connectivity index (χ0) is 17.3. The van der Waals surface area contributed by atoms with Gasteiger partial charge < -0.3 is 5.11 Å². The smallest absolute Gasteiger partial charge is 0.416 e. The standard InChI is InChI=1S/C18H16F3NO2/c19-18(20,21)16-3-1-2-14(8-16)13-6-4-12(5-7-13)9-22-10-15(11-22)17(23)24/h1-8,15H,9-11H2,(H,23,24). The van der Waals surface area contributed by atoms with Gasteiger partial charge >= 0.3 is 12.1 Å². The lowest BCUT2D eigenvalue weighted by Gasteiger charge is -2.36. The lowest BCUT2D eigenvalue weighted by molar-refractivity contribution is -0.147. The first-order valence-electron chi connectivity index (χ1n) is 7.54. The largest absolute Gasteiger partial charge is 0.481 e. The van der Waals surface area contributed by atoms with E-state index in [2.05, 4.69) is 0 Å². The van der Waals surface area contributed by atoms with E-state index in [1.165, 1.54) is 6.07 Å². The summed E-state index contributed by atoms with van der Waals surface area (Å²) in [5.74, 6) is -1.07. The molecule has 2 aromatic carbocycles. The average Bonchev–Trinajstić information content (AvgIpc) is 2.50. The highest BCUT2D eigenvalue weighted by molar-refractivity contribution is 5.71. The molecule has 0 aromatic heterocycles. The summed E-state index contributed by atoms with van der Waals surface area (Å²) in [4.78, 5) is 12.8. The summed E-state index contributed by atoms with van der Waals surface area (Å²) in [6, 6.07) is 12.6. The number of nitrogens with zero attached hydrogens (tertiary/aromatic N) is 1. The molecule has 1 aliphatic heterocycles. The summed E-state index contributed by atoms with van der Waals surface area (Å²) in [7, 11) is 0. The Bertz CT molecular complexity index is 735. The number of halogens is 3. The van der Waals surface area contributed by atoms with E-state index in [9.17, 15) is 18.0 Å². The van der Waals surface area contributed by atoms with E-state index in [0.717, 1.165) is 23.3 Å². The molecule has 0 bridgehead atoms. The fourth-order valence-electron chi connectivity index (χ4n) is 2.79. The quantitative estimate of drug-likeness (QED) is 0.921. The number of likely N-dealkylation sites (tertiary alicyclic amines) is 1. The summed E-state index contributed by atoms with van der Waals surface area (Å²) >= 11 is 0. The van der Waals surface area contributed by atoms with Crippen molar-refractivity contribution in [3.05, 3.63) is 59.7 Å². The number of hydrogen-bond donors (Lipinski definition) is 1. The van der Waals surface area contributed by atoms with Gasteiger partial charge in [-0.05, 0) is 28.8 Å². The Morgan fingerprint density at radius 3 is 2.33 bits per heavy atom. The maximum Gasteiger partial charge on any atom is 0.416 e. The van der Waals surface area contributed by atoms with E-state index in [1.54, 1.807) is 18.2 Å². The van der Waals surface area contributed by atoms with Crippen molar-refractivity contribution in [3.63, 3.8) is 0 Å². The minimum atomic E-state index is -4.35. The molecule has 126 valence electrons.